The molecule has 1 aromatic carbocycles. The molecule has 0 radical (unpaired) electrons. The third-order valence-corrected chi connectivity index (χ3v) is 4.15. The normalized spacial score (nSPS) is 22.7. The number of nitrogens with one attached hydrogen (secondary N) is 1. The van der Waals surface area contributed by atoms with E-state index in [4.69, 9.17) is 0 Å². The number of thiazole rings is 1. The average molecular weight is 246 g/mol. The molecule has 0 aliphatic heterocycles. The fourth-order valence-corrected chi connectivity index (χ4v) is 2.94. The van der Waals surface area contributed by atoms with E-state index < -0.39 is 0 Å². The lowest BCUT2D eigenvalue weighted by Gasteiger charge is -1.97. The first-order chi connectivity index (χ1) is 8.13. The minimum absolute atomic E-state index is 0.119. The lowest BCUT2D eigenvalue weighted by molar-refractivity contribution is -0.117. The highest BCUT2D eigenvalue weighted by Gasteiger charge is 2.39. The molecule has 1 heterocycles. The topological polar surface area (TPSA) is 42.0 Å². The Balaban J connectivity index is 1.83. The Hall–Kier alpha value is -1.42. The second-order valence-electron chi connectivity index (χ2n) is 4.80. The number of nitrogens with zero attached hydrogens (tertiary/aromatic N) is 1. The number of aryl methyl sites for hydroxylation is 1. The molecule has 0 saturated heterocycles. The van der Waals surface area contributed by atoms with Crippen molar-refractivity contribution in [1.82, 2.24) is 4.98 Å². The van der Waals surface area contributed by atoms with E-state index in [9.17, 15) is 4.79 Å². The van der Waals surface area contributed by atoms with E-state index in [0.29, 0.717) is 5.92 Å². The van der Waals surface area contributed by atoms with Gasteiger partial charge in [0.25, 0.3) is 0 Å². The van der Waals surface area contributed by atoms with Gasteiger partial charge in [-0.25, -0.2) is 4.98 Å². The van der Waals surface area contributed by atoms with Gasteiger partial charge in [-0.05, 0) is 37.0 Å². The van der Waals surface area contributed by atoms with E-state index in [0.717, 1.165) is 21.8 Å². The number of fused-ring (bicyclic) bond motifs is 1. The van der Waals surface area contributed by atoms with E-state index in [2.05, 4.69) is 30.2 Å². The number of amides is 1. The molecule has 4 heteroatoms. The van der Waals surface area contributed by atoms with Crippen LogP contribution in [0.1, 0.15) is 18.9 Å². The molecule has 88 valence electrons. The first kappa shape index (κ1) is 10.7. The van der Waals surface area contributed by atoms with Gasteiger partial charge in [-0.3, -0.25) is 4.79 Å². The maximum Gasteiger partial charge on any atom is 0.229 e. The van der Waals surface area contributed by atoms with Gasteiger partial charge in [-0.2, -0.15) is 0 Å². The van der Waals surface area contributed by atoms with Crippen LogP contribution in [-0.2, 0) is 4.79 Å². The van der Waals surface area contributed by atoms with Gasteiger partial charge in [-0.15, -0.1) is 0 Å². The van der Waals surface area contributed by atoms with Gasteiger partial charge in [-0.1, -0.05) is 24.3 Å². The fourth-order valence-electron chi connectivity index (χ4n) is 1.97. The highest BCUT2D eigenvalue weighted by molar-refractivity contribution is 7.22. The third kappa shape index (κ3) is 2.05. The zero-order chi connectivity index (χ0) is 12.0. The van der Waals surface area contributed by atoms with Crippen molar-refractivity contribution < 1.29 is 4.79 Å². The Kier molecular flexibility index (Phi) is 2.40. The molecule has 3 rings (SSSR count). The van der Waals surface area contributed by atoms with Crippen LogP contribution < -0.4 is 5.32 Å². The fraction of sp³-hybridized carbons (Fsp3) is 0.385. The number of carbonyl (C=O) groups excluding carboxylic acids is 1. The van der Waals surface area contributed by atoms with Crippen LogP contribution in [0, 0.1) is 18.8 Å². The number of aromatic nitrogens is 1. The predicted molar refractivity (Wildman–Crippen MR) is 70.3 cm³/mol. The first-order valence-corrected chi connectivity index (χ1v) is 6.63. The zero-order valence-corrected chi connectivity index (χ0v) is 10.7. The molecule has 2 atom stereocenters. The van der Waals surface area contributed by atoms with Crippen molar-refractivity contribution in [2.45, 2.75) is 20.3 Å². The van der Waals surface area contributed by atoms with Crippen LogP contribution in [0.25, 0.3) is 10.2 Å². The van der Waals surface area contributed by atoms with Crippen molar-refractivity contribution in [2.24, 2.45) is 11.8 Å². The van der Waals surface area contributed by atoms with E-state index in [1.54, 1.807) is 11.3 Å². The Morgan fingerprint density at radius 3 is 3.00 bits per heavy atom. The summed E-state index contributed by atoms with van der Waals surface area (Å²) in [5, 5.41) is 3.63. The Labute approximate surface area is 104 Å². The molecule has 3 nitrogen and oxygen atoms in total. The van der Waals surface area contributed by atoms with E-state index in [1.807, 2.05) is 12.1 Å². The maximum absolute atomic E-state index is 11.8. The number of anilines is 1. The summed E-state index contributed by atoms with van der Waals surface area (Å²) in [6.45, 7) is 4.16. The second kappa shape index (κ2) is 3.81. The zero-order valence-electron chi connectivity index (χ0n) is 9.86. The van der Waals surface area contributed by atoms with Crippen molar-refractivity contribution in [1.29, 1.82) is 0 Å². The molecule has 1 aliphatic carbocycles. The van der Waals surface area contributed by atoms with Crippen molar-refractivity contribution in [3.63, 3.8) is 0 Å². The second-order valence-corrected chi connectivity index (χ2v) is 5.83. The molecule has 1 aliphatic rings. The van der Waals surface area contributed by atoms with Crippen LogP contribution in [0.4, 0.5) is 5.13 Å². The molecule has 1 aromatic heterocycles. The first-order valence-electron chi connectivity index (χ1n) is 5.81. The summed E-state index contributed by atoms with van der Waals surface area (Å²) < 4.78 is 1.13. The maximum atomic E-state index is 11.8. The molecule has 1 fully saturated rings. The Morgan fingerprint density at radius 2 is 2.29 bits per heavy atom. The van der Waals surface area contributed by atoms with Gasteiger partial charge in [0.1, 0.15) is 0 Å². The predicted octanol–water partition coefficient (Wildman–Crippen LogP) is 3.20. The molecule has 0 spiro atoms. The smallest absolute Gasteiger partial charge is 0.229 e. The van der Waals surface area contributed by atoms with Gasteiger partial charge < -0.3 is 5.32 Å². The van der Waals surface area contributed by atoms with Crippen LogP contribution in [0.5, 0.6) is 0 Å². The summed E-state index contributed by atoms with van der Waals surface area (Å²) in [7, 11) is 0. The largest absolute Gasteiger partial charge is 0.302 e. The molecule has 1 saturated carbocycles. The minimum Gasteiger partial charge on any atom is -0.302 e. The van der Waals surface area contributed by atoms with Gasteiger partial charge >= 0.3 is 0 Å². The molecule has 0 bridgehead atoms. The van der Waals surface area contributed by atoms with E-state index in [-0.39, 0.29) is 11.8 Å². The lowest BCUT2D eigenvalue weighted by atomic mass is 10.2. The van der Waals surface area contributed by atoms with Crippen molar-refractivity contribution >= 4 is 32.6 Å². The highest BCUT2D eigenvalue weighted by atomic mass is 32.1. The van der Waals surface area contributed by atoms with E-state index >= 15 is 0 Å². The van der Waals surface area contributed by atoms with Crippen molar-refractivity contribution in [3.8, 4) is 0 Å². The number of hydrogen-bond donors (Lipinski definition) is 1. The highest BCUT2D eigenvalue weighted by Crippen LogP contribution is 2.39. The van der Waals surface area contributed by atoms with Crippen LogP contribution in [0.15, 0.2) is 18.2 Å². The van der Waals surface area contributed by atoms with Gasteiger partial charge in [0, 0.05) is 5.92 Å². The van der Waals surface area contributed by atoms with Gasteiger partial charge in [0.15, 0.2) is 5.13 Å². The third-order valence-electron chi connectivity index (χ3n) is 3.22. The minimum atomic E-state index is 0.119. The number of rotatable bonds is 2. The number of benzene rings is 1. The molecule has 17 heavy (non-hydrogen) atoms. The van der Waals surface area contributed by atoms with Crippen LogP contribution >= 0.6 is 11.3 Å². The summed E-state index contributed by atoms with van der Waals surface area (Å²) in [5.74, 6) is 0.851. The standard InChI is InChI=1S/C13H14N2OS/c1-7-3-4-10-11(5-7)17-13(14-10)15-12(16)9-6-8(9)2/h3-5,8-9H,6H2,1-2H3,(H,14,15,16)/t8-,9+/m0/s1. The summed E-state index contributed by atoms with van der Waals surface area (Å²) in [6, 6.07) is 6.13. The van der Waals surface area contributed by atoms with Crippen molar-refractivity contribution in [2.75, 3.05) is 5.32 Å². The number of carbonyl (C=O) groups is 1. The molecule has 0 unspecified atom stereocenters. The van der Waals surface area contributed by atoms with Crippen molar-refractivity contribution in [3.05, 3.63) is 23.8 Å². The molecular weight excluding hydrogens is 232 g/mol. The van der Waals surface area contributed by atoms with Crippen LogP contribution in [0.2, 0.25) is 0 Å². The van der Waals surface area contributed by atoms with E-state index in [1.165, 1.54) is 5.56 Å². The quantitative estimate of drug-likeness (QED) is 0.884. The molecule has 2 aromatic rings. The molecule has 1 N–H and O–H groups in total. The Morgan fingerprint density at radius 1 is 1.53 bits per heavy atom. The lowest BCUT2D eigenvalue weighted by Crippen LogP contribution is -2.14. The summed E-state index contributed by atoms with van der Waals surface area (Å²) >= 11 is 1.54. The van der Waals surface area contributed by atoms with Gasteiger partial charge in [0.05, 0.1) is 10.2 Å². The SMILES string of the molecule is Cc1ccc2nc(NC(=O)[C@@H]3C[C@@H]3C)sc2c1. The molecular formula is C13H14N2OS. The summed E-state index contributed by atoms with van der Waals surface area (Å²) in [5.41, 5.74) is 2.18. The number of hydrogen-bond acceptors (Lipinski definition) is 3. The summed E-state index contributed by atoms with van der Waals surface area (Å²) in [6.07, 6.45) is 1.01. The Bertz CT molecular complexity index is 590. The van der Waals surface area contributed by atoms with Crippen LogP contribution in [-0.4, -0.2) is 10.9 Å². The monoisotopic (exact) mass is 246 g/mol. The summed E-state index contributed by atoms with van der Waals surface area (Å²) in [4.78, 5) is 16.2. The van der Waals surface area contributed by atoms with Gasteiger partial charge in [0.2, 0.25) is 5.91 Å². The molecule has 1 amide bonds. The van der Waals surface area contributed by atoms with Crippen LogP contribution in [0.3, 0.4) is 0 Å². The average Bonchev–Trinajstić information content (AvgIpc) is 2.87.